The minimum Gasteiger partial charge on any atom is -0.379 e. The molecule has 1 aromatic rings. The molecule has 28 heavy (non-hydrogen) atoms. The van der Waals surface area contributed by atoms with Gasteiger partial charge in [-0.05, 0) is 25.5 Å². The topological polar surface area (TPSA) is 61.4 Å². The first-order valence-corrected chi connectivity index (χ1v) is 10.3. The van der Waals surface area contributed by atoms with Crippen molar-refractivity contribution in [3.63, 3.8) is 0 Å². The average Bonchev–Trinajstić information content (AvgIpc) is 2.75. The van der Waals surface area contributed by atoms with E-state index in [1.165, 1.54) is 11.3 Å². The van der Waals surface area contributed by atoms with Crippen LogP contribution < -0.4 is 15.5 Å². The van der Waals surface area contributed by atoms with Crippen molar-refractivity contribution in [2.45, 2.75) is 25.9 Å². The number of aliphatic imine (C=N–C) groups is 1. The van der Waals surface area contributed by atoms with E-state index in [-0.39, 0.29) is 5.54 Å². The number of nitrogens with one attached hydrogen (secondary N) is 2. The summed E-state index contributed by atoms with van der Waals surface area (Å²) in [5, 5.41) is 6.98. The highest BCUT2D eigenvalue weighted by Crippen LogP contribution is 2.21. The van der Waals surface area contributed by atoms with Crippen LogP contribution in [0.2, 0.25) is 0 Å². The maximum absolute atomic E-state index is 5.49. The van der Waals surface area contributed by atoms with Gasteiger partial charge in [0.25, 0.3) is 0 Å². The predicted molar refractivity (Wildman–Crippen MR) is 114 cm³/mol. The van der Waals surface area contributed by atoms with E-state index in [2.05, 4.69) is 63.5 Å². The molecule has 7 heteroatoms. The van der Waals surface area contributed by atoms with E-state index in [1.807, 2.05) is 7.05 Å². The van der Waals surface area contributed by atoms with E-state index in [1.54, 1.807) is 0 Å². The minimum atomic E-state index is 0.0487. The molecule has 0 amide bonds. The summed E-state index contributed by atoms with van der Waals surface area (Å²) in [6.45, 7) is 13.2. The van der Waals surface area contributed by atoms with Crippen LogP contribution in [0.3, 0.4) is 0 Å². The monoisotopic (exact) mass is 389 g/mol. The predicted octanol–water partition coefficient (Wildman–Crippen LogP) is 1.30. The smallest absolute Gasteiger partial charge is 0.191 e. The summed E-state index contributed by atoms with van der Waals surface area (Å²) in [7, 11) is 1.82. The fraction of sp³-hybridized carbons (Fsp3) is 0.667. The molecular formula is C21H35N5O2. The van der Waals surface area contributed by atoms with Gasteiger partial charge in [0.2, 0.25) is 0 Å². The van der Waals surface area contributed by atoms with Gasteiger partial charge in [0.15, 0.2) is 5.96 Å². The first-order chi connectivity index (χ1) is 13.6. The molecule has 0 spiro atoms. The van der Waals surface area contributed by atoms with Crippen LogP contribution in [0.5, 0.6) is 0 Å². The normalized spacial score (nSPS) is 19.5. The van der Waals surface area contributed by atoms with Gasteiger partial charge in [-0.1, -0.05) is 18.2 Å². The zero-order valence-corrected chi connectivity index (χ0v) is 17.5. The molecule has 0 saturated carbocycles. The molecule has 156 valence electrons. The van der Waals surface area contributed by atoms with E-state index in [0.717, 1.165) is 71.7 Å². The molecule has 7 nitrogen and oxygen atoms in total. The second-order valence-electron chi connectivity index (χ2n) is 7.92. The third kappa shape index (κ3) is 5.59. The Hall–Kier alpha value is -1.83. The molecule has 3 rings (SSSR count). The lowest BCUT2D eigenvalue weighted by atomic mass is 10.0. The number of ether oxygens (including phenoxy) is 2. The number of rotatable bonds is 6. The lowest BCUT2D eigenvalue weighted by Crippen LogP contribution is -2.56. The molecule has 2 aliphatic heterocycles. The van der Waals surface area contributed by atoms with E-state index >= 15 is 0 Å². The zero-order valence-electron chi connectivity index (χ0n) is 17.5. The van der Waals surface area contributed by atoms with Crippen LogP contribution in [-0.2, 0) is 16.0 Å². The first kappa shape index (κ1) is 20.9. The zero-order chi connectivity index (χ0) is 19.8. The second-order valence-corrected chi connectivity index (χ2v) is 7.92. The SMILES string of the molecule is CN=C(NCc1ccccc1N1CCOCC1)NCC(C)(C)N1CCOCC1. The lowest BCUT2D eigenvalue weighted by Gasteiger charge is -2.41. The number of hydrogen-bond acceptors (Lipinski definition) is 5. The minimum absolute atomic E-state index is 0.0487. The van der Waals surface area contributed by atoms with Gasteiger partial charge in [-0.25, -0.2) is 0 Å². The third-order valence-corrected chi connectivity index (χ3v) is 5.57. The Bertz CT molecular complexity index is 637. The summed E-state index contributed by atoms with van der Waals surface area (Å²) < 4.78 is 11.0. The Morgan fingerprint density at radius 3 is 2.32 bits per heavy atom. The maximum atomic E-state index is 5.49. The number of anilines is 1. The number of guanidine groups is 1. The highest BCUT2D eigenvalue weighted by molar-refractivity contribution is 5.80. The molecule has 2 heterocycles. The van der Waals surface area contributed by atoms with Gasteiger partial charge in [0.05, 0.1) is 26.4 Å². The molecule has 2 fully saturated rings. The van der Waals surface area contributed by atoms with E-state index < -0.39 is 0 Å². The van der Waals surface area contributed by atoms with Crippen LogP contribution in [0.25, 0.3) is 0 Å². The molecule has 0 unspecified atom stereocenters. The van der Waals surface area contributed by atoms with Gasteiger partial charge in [-0.15, -0.1) is 0 Å². The Kier molecular flexibility index (Phi) is 7.53. The molecular weight excluding hydrogens is 354 g/mol. The third-order valence-electron chi connectivity index (χ3n) is 5.57. The summed E-state index contributed by atoms with van der Waals surface area (Å²) in [6.07, 6.45) is 0. The molecule has 0 atom stereocenters. The lowest BCUT2D eigenvalue weighted by molar-refractivity contribution is -0.00834. The van der Waals surface area contributed by atoms with E-state index in [0.29, 0.717) is 0 Å². The number of nitrogens with zero attached hydrogens (tertiary/aromatic N) is 3. The fourth-order valence-electron chi connectivity index (χ4n) is 3.75. The van der Waals surface area contributed by atoms with Crippen molar-refractivity contribution in [1.82, 2.24) is 15.5 Å². The van der Waals surface area contributed by atoms with Crippen molar-refractivity contribution < 1.29 is 9.47 Å². The Balaban J connectivity index is 1.54. The second kappa shape index (κ2) is 10.1. The molecule has 0 radical (unpaired) electrons. The van der Waals surface area contributed by atoms with Crippen molar-refractivity contribution in [3.8, 4) is 0 Å². The fourth-order valence-corrected chi connectivity index (χ4v) is 3.75. The summed E-state index contributed by atoms with van der Waals surface area (Å²) in [4.78, 5) is 9.29. The molecule has 2 aliphatic rings. The molecule has 0 aliphatic carbocycles. The first-order valence-electron chi connectivity index (χ1n) is 10.3. The van der Waals surface area contributed by atoms with Gasteiger partial charge in [-0.3, -0.25) is 9.89 Å². The van der Waals surface area contributed by atoms with Crippen LogP contribution in [-0.4, -0.2) is 82.6 Å². The Labute approximate surface area is 169 Å². The highest BCUT2D eigenvalue weighted by atomic mass is 16.5. The van der Waals surface area contributed by atoms with Crippen LogP contribution in [0.1, 0.15) is 19.4 Å². The molecule has 1 aromatic carbocycles. The van der Waals surface area contributed by atoms with Crippen LogP contribution >= 0.6 is 0 Å². The quantitative estimate of drug-likeness (QED) is 0.565. The van der Waals surface area contributed by atoms with Crippen molar-refractivity contribution in [2.24, 2.45) is 4.99 Å². The summed E-state index contributed by atoms with van der Waals surface area (Å²) in [6, 6.07) is 8.58. The standard InChI is InChI=1S/C21H35N5O2/c1-21(2,26-10-14-28-15-11-26)17-24-20(22-3)23-16-18-6-4-5-7-19(18)25-8-12-27-13-9-25/h4-7H,8-17H2,1-3H3,(H2,22,23,24). The van der Waals surface area contributed by atoms with Gasteiger partial charge < -0.3 is 25.0 Å². The molecule has 0 bridgehead atoms. The van der Waals surface area contributed by atoms with E-state index in [9.17, 15) is 0 Å². The maximum Gasteiger partial charge on any atom is 0.191 e. The summed E-state index contributed by atoms with van der Waals surface area (Å²) in [5.74, 6) is 0.832. The summed E-state index contributed by atoms with van der Waals surface area (Å²) in [5.41, 5.74) is 2.61. The average molecular weight is 390 g/mol. The summed E-state index contributed by atoms with van der Waals surface area (Å²) >= 11 is 0. The number of hydrogen-bond donors (Lipinski definition) is 2. The molecule has 2 N–H and O–H groups in total. The Morgan fingerprint density at radius 2 is 1.64 bits per heavy atom. The van der Waals surface area contributed by atoms with Crippen molar-refractivity contribution >= 4 is 11.6 Å². The van der Waals surface area contributed by atoms with Gasteiger partial charge >= 0.3 is 0 Å². The van der Waals surface area contributed by atoms with Crippen molar-refractivity contribution in [3.05, 3.63) is 29.8 Å². The van der Waals surface area contributed by atoms with Gasteiger partial charge in [-0.2, -0.15) is 0 Å². The molecule has 0 aromatic heterocycles. The largest absolute Gasteiger partial charge is 0.379 e. The highest BCUT2D eigenvalue weighted by Gasteiger charge is 2.28. The van der Waals surface area contributed by atoms with Crippen LogP contribution in [0.15, 0.2) is 29.3 Å². The molecule has 2 saturated heterocycles. The van der Waals surface area contributed by atoms with E-state index in [4.69, 9.17) is 9.47 Å². The van der Waals surface area contributed by atoms with Crippen molar-refractivity contribution in [1.29, 1.82) is 0 Å². The number of para-hydroxylation sites is 1. The number of morpholine rings is 2. The van der Waals surface area contributed by atoms with Crippen molar-refractivity contribution in [2.75, 3.05) is 71.1 Å². The van der Waals surface area contributed by atoms with Crippen LogP contribution in [0, 0.1) is 0 Å². The van der Waals surface area contributed by atoms with Gasteiger partial charge in [0, 0.05) is 57.5 Å². The Morgan fingerprint density at radius 1 is 1.00 bits per heavy atom. The van der Waals surface area contributed by atoms with Gasteiger partial charge in [0.1, 0.15) is 0 Å². The van der Waals surface area contributed by atoms with Crippen LogP contribution in [0.4, 0.5) is 5.69 Å². The number of benzene rings is 1.